The maximum Gasteiger partial charge on any atom is 0.150 e. The van der Waals surface area contributed by atoms with Crippen LogP contribution in [0.15, 0.2) is 41.7 Å². The molecule has 2 aromatic rings. The van der Waals surface area contributed by atoms with Crippen molar-refractivity contribution in [3.63, 3.8) is 0 Å². The Morgan fingerprint density at radius 1 is 1.35 bits per heavy atom. The third kappa shape index (κ3) is 2.60. The Hall–Kier alpha value is -1.94. The van der Waals surface area contributed by atoms with Crippen molar-refractivity contribution in [2.45, 2.75) is 0 Å². The van der Waals surface area contributed by atoms with Gasteiger partial charge in [0, 0.05) is 29.9 Å². The average Bonchev–Trinajstić information content (AvgIpc) is 2.30. The van der Waals surface area contributed by atoms with E-state index in [9.17, 15) is 4.39 Å². The minimum absolute atomic E-state index is 0.0948. The summed E-state index contributed by atoms with van der Waals surface area (Å²) in [6.07, 6.45) is 4.56. The fraction of sp³-hybridized carbons (Fsp3) is 0. The molecule has 86 valence electrons. The zero-order valence-electron chi connectivity index (χ0n) is 8.77. The van der Waals surface area contributed by atoms with Gasteiger partial charge in [0.15, 0.2) is 0 Å². The van der Waals surface area contributed by atoms with Crippen LogP contribution in [-0.4, -0.2) is 11.2 Å². The lowest BCUT2D eigenvalue weighted by Crippen LogP contribution is -1.93. The Kier molecular flexibility index (Phi) is 3.35. The molecule has 0 radical (unpaired) electrons. The Bertz CT molecular complexity index is 549. The van der Waals surface area contributed by atoms with Gasteiger partial charge in [-0.25, -0.2) is 4.39 Å². The third-order valence-corrected chi connectivity index (χ3v) is 2.46. The molecule has 0 atom stereocenters. The number of benzene rings is 1. The van der Waals surface area contributed by atoms with Crippen LogP contribution in [0.1, 0.15) is 5.56 Å². The van der Waals surface area contributed by atoms with Crippen LogP contribution < -0.4 is 5.73 Å². The van der Waals surface area contributed by atoms with E-state index in [0.29, 0.717) is 11.3 Å². The van der Waals surface area contributed by atoms with E-state index in [1.807, 2.05) is 0 Å². The summed E-state index contributed by atoms with van der Waals surface area (Å²) in [6.45, 7) is 0. The number of aromatic nitrogens is 1. The second kappa shape index (κ2) is 4.93. The van der Waals surface area contributed by atoms with Crippen LogP contribution in [-0.2, 0) is 0 Å². The highest BCUT2D eigenvalue weighted by Crippen LogP contribution is 2.27. The Balaban J connectivity index is 2.36. The van der Waals surface area contributed by atoms with E-state index in [0.717, 1.165) is 0 Å². The number of para-hydroxylation sites is 1. The molecule has 0 aliphatic carbocycles. The molecule has 2 rings (SSSR count). The number of nitrogen functional groups attached to an aromatic ring is 1. The number of nitrogens with two attached hydrogens (primary N) is 1. The first-order chi connectivity index (χ1) is 8.18. The lowest BCUT2D eigenvalue weighted by atomic mass is 10.2. The van der Waals surface area contributed by atoms with Gasteiger partial charge in [-0.15, -0.1) is 0 Å². The van der Waals surface area contributed by atoms with Crippen molar-refractivity contribution in [1.82, 2.24) is 4.98 Å². The highest BCUT2D eigenvalue weighted by molar-refractivity contribution is 6.33. The Labute approximate surface area is 103 Å². The first-order valence-electron chi connectivity index (χ1n) is 4.86. The predicted octanol–water partition coefficient (Wildman–Crippen LogP) is 3.21. The number of anilines is 1. The molecular formula is C12H9ClFN3. The Morgan fingerprint density at radius 3 is 2.88 bits per heavy atom. The summed E-state index contributed by atoms with van der Waals surface area (Å²) < 4.78 is 13.4. The summed E-state index contributed by atoms with van der Waals surface area (Å²) in [5, 5.41) is 0.253. The van der Waals surface area contributed by atoms with Gasteiger partial charge in [0.05, 0.1) is 5.02 Å². The minimum atomic E-state index is -0.476. The number of hydrogen-bond donors (Lipinski definition) is 1. The SMILES string of the molecule is Nc1ccncc1C=Nc1c(F)cccc1Cl. The van der Waals surface area contributed by atoms with E-state index in [4.69, 9.17) is 17.3 Å². The number of rotatable bonds is 2. The smallest absolute Gasteiger partial charge is 0.150 e. The van der Waals surface area contributed by atoms with Gasteiger partial charge in [-0.1, -0.05) is 17.7 Å². The normalized spacial score (nSPS) is 10.9. The van der Waals surface area contributed by atoms with Gasteiger partial charge >= 0.3 is 0 Å². The molecule has 0 saturated carbocycles. The second-order valence-corrected chi connectivity index (χ2v) is 3.74. The molecule has 0 spiro atoms. The van der Waals surface area contributed by atoms with Gasteiger partial charge in [0.25, 0.3) is 0 Å². The van der Waals surface area contributed by atoms with Gasteiger partial charge in [-0.05, 0) is 18.2 Å². The van der Waals surface area contributed by atoms with Crippen molar-refractivity contribution in [3.05, 3.63) is 53.1 Å². The van der Waals surface area contributed by atoms with Crippen LogP contribution in [0, 0.1) is 5.82 Å². The first-order valence-corrected chi connectivity index (χ1v) is 5.24. The largest absolute Gasteiger partial charge is 0.398 e. The van der Waals surface area contributed by atoms with E-state index in [1.165, 1.54) is 18.3 Å². The molecule has 0 bridgehead atoms. The summed E-state index contributed by atoms with van der Waals surface area (Å²) in [7, 11) is 0. The molecule has 0 amide bonds. The number of pyridine rings is 1. The number of nitrogens with zero attached hydrogens (tertiary/aromatic N) is 2. The molecule has 1 heterocycles. The highest BCUT2D eigenvalue weighted by Gasteiger charge is 2.04. The van der Waals surface area contributed by atoms with Gasteiger partial charge < -0.3 is 5.73 Å². The highest BCUT2D eigenvalue weighted by atomic mass is 35.5. The van der Waals surface area contributed by atoms with Crippen LogP contribution in [0.3, 0.4) is 0 Å². The van der Waals surface area contributed by atoms with Crippen LogP contribution in [0.25, 0.3) is 0 Å². The van der Waals surface area contributed by atoms with Gasteiger partial charge in [0.2, 0.25) is 0 Å². The lowest BCUT2D eigenvalue weighted by Gasteiger charge is -2.00. The molecule has 17 heavy (non-hydrogen) atoms. The van der Waals surface area contributed by atoms with Crippen molar-refractivity contribution in [2.75, 3.05) is 5.73 Å². The molecule has 2 N–H and O–H groups in total. The number of aliphatic imine (C=N–C) groups is 1. The van der Waals surface area contributed by atoms with Crippen molar-refractivity contribution < 1.29 is 4.39 Å². The third-order valence-electron chi connectivity index (χ3n) is 2.16. The molecule has 0 aliphatic rings. The lowest BCUT2D eigenvalue weighted by molar-refractivity contribution is 0.630. The second-order valence-electron chi connectivity index (χ2n) is 3.33. The first kappa shape index (κ1) is 11.5. The number of halogens is 2. The molecule has 0 fully saturated rings. The van der Waals surface area contributed by atoms with Crippen LogP contribution >= 0.6 is 11.6 Å². The summed E-state index contributed by atoms with van der Waals surface area (Å²) in [6, 6.07) is 6.04. The predicted molar refractivity (Wildman–Crippen MR) is 67.3 cm³/mol. The maximum atomic E-state index is 13.4. The maximum absolute atomic E-state index is 13.4. The monoisotopic (exact) mass is 249 g/mol. The summed E-state index contributed by atoms with van der Waals surface area (Å²) >= 11 is 5.83. The van der Waals surface area contributed by atoms with E-state index in [-0.39, 0.29) is 10.7 Å². The van der Waals surface area contributed by atoms with Gasteiger partial charge in [-0.2, -0.15) is 0 Å². The van der Waals surface area contributed by atoms with E-state index in [2.05, 4.69) is 9.98 Å². The fourth-order valence-corrected chi connectivity index (χ4v) is 1.48. The van der Waals surface area contributed by atoms with Crippen LogP contribution in [0.5, 0.6) is 0 Å². The quantitative estimate of drug-likeness (QED) is 0.831. The van der Waals surface area contributed by atoms with Gasteiger partial charge in [0.1, 0.15) is 11.5 Å². The fourth-order valence-electron chi connectivity index (χ4n) is 1.27. The topological polar surface area (TPSA) is 51.3 Å². The number of hydrogen-bond acceptors (Lipinski definition) is 3. The summed E-state index contributed by atoms with van der Waals surface area (Å²) in [5.41, 5.74) is 6.94. The van der Waals surface area contributed by atoms with Gasteiger partial charge in [-0.3, -0.25) is 9.98 Å². The van der Waals surface area contributed by atoms with E-state index >= 15 is 0 Å². The molecular weight excluding hydrogens is 241 g/mol. The Morgan fingerprint density at radius 2 is 2.18 bits per heavy atom. The zero-order chi connectivity index (χ0) is 12.3. The molecule has 5 heteroatoms. The minimum Gasteiger partial charge on any atom is -0.398 e. The zero-order valence-corrected chi connectivity index (χ0v) is 9.53. The molecule has 0 aliphatic heterocycles. The molecule has 0 saturated heterocycles. The van der Waals surface area contributed by atoms with Crippen molar-refractivity contribution in [3.8, 4) is 0 Å². The molecule has 0 unspecified atom stereocenters. The van der Waals surface area contributed by atoms with Crippen molar-refractivity contribution >= 4 is 29.2 Å². The van der Waals surface area contributed by atoms with Crippen molar-refractivity contribution in [1.29, 1.82) is 0 Å². The summed E-state index contributed by atoms with van der Waals surface area (Å²) in [4.78, 5) is 7.89. The van der Waals surface area contributed by atoms with E-state index < -0.39 is 5.82 Å². The van der Waals surface area contributed by atoms with Crippen LogP contribution in [0.4, 0.5) is 15.8 Å². The molecule has 3 nitrogen and oxygen atoms in total. The van der Waals surface area contributed by atoms with E-state index in [1.54, 1.807) is 24.5 Å². The van der Waals surface area contributed by atoms with Crippen molar-refractivity contribution in [2.24, 2.45) is 4.99 Å². The van der Waals surface area contributed by atoms with Crippen LogP contribution in [0.2, 0.25) is 5.02 Å². The average molecular weight is 250 g/mol. The molecule has 1 aromatic heterocycles. The summed E-state index contributed by atoms with van der Waals surface area (Å²) in [5.74, 6) is -0.476. The standard InChI is InChI=1S/C12H9ClFN3/c13-9-2-1-3-10(14)12(9)17-7-8-6-16-5-4-11(8)15/h1-7H,(H2,15,16). The molecule has 1 aromatic carbocycles.